The average molecular weight is 479 g/mol. The first-order chi connectivity index (χ1) is 15.8. The Hall–Kier alpha value is -3.67. The maximum atomic E-state index is 13.0. The number of nitrogens with two attached hydrogens (primary N) is 2. The number of likely N-dealkylation sites (tertiary alicyclic amines) is 1. The van der Waals surface area contributed by atoms with Crippen LogP contribution in [-0.4, -0.2) is 63.5 Å². The van der Waals surface area contributed by atoms with Gasteiger partial charge in [-0.3, -0.25) is 0 Å². The van der Waals surface area contributed by atoms with Crippen LogP contribution in [0, 0.1) is 0 Å². The summed E-state index contributed by atoms with van der Waals surface area (Å²) in [6.45, 7) is 0.724. The molecule has 2 aromatic rings. The van der Waals surface area contributed by atoms with Crippen LogP contribution in [0.5, 0.6) is 17.2 Å². The number of carbonyl (C=O) groups excluding carboxylic acids is 3. The van der Waals surface area contributed by atoms with E-state index in [9.17, 15) is 14.4 Å². The molecule has 1 unspecified atom stereocenters. The topological polar surface area (TPSA) is 155 Å². The number of rotatable bonds is 7. The number of carbonyl (C=O) groups is 3. The number of amides is 4. The van der Waals surface area contributed by atoms with Gasteiger partial charge in [0, 0.05) is 17.0 Å². The molecule has 1 aliphatic rings. The summed E-state index contributed by atoms with van der Waals surface area (Å²) < 4.78 is 21.9. The van der Waals surface area contributed by atoms with Crippen molar-refractivity contribution in [3.63, 3.8) is 0 Å². The van der Waals surface area contributed by atoms with Crippen molar-refractivity contribution in [2.24, 2.45) is 11.5 Å². The number of thiophene rings is 1. The molecule has 0 aliphatic carbocycles. The van der Waals surface area contributed by atoms with E-state index < -0.39 is 24.1 Å². The average Bonchev–Trinajstić information content (AvgIpc) is 3.20. The van der Waals surface area contributed by atoms with Crippen molar-refractivity contribution in [2.45, 2.75) is 18.9 Å². The fourth-order valence-electron chi connectivity index (χ4n) is 3.64. The predicted octanol–water partition coefficient (Wildman–Crippen LogP) is 2.63. The molecular weight excluding hydrogens is 452 g/mol. The Morgan fingerprint density at radius 1 is 1.09 bits per heavy atom. The van der Waals surface area contributed by atoms with E-state index in [2.05, 4.69) is 5.32 Å². The fourth-order valence-corrected chi connectivity index (χ4v) is 4.65. The highest BCUT2D eigenvalue weighted by atomic mass is 32.1. The molecule has 0 bridgehead atoms. The molecule has 11 nitrogen and oxygen atoms in total. The van der Waals surface area contributed by atoms with Gasteiger partial charge in [-0.25, -0.2) is 14.4 Å². The number of piperidine rings is 1. The molecule has 178 valence electrons. The Balaban J connectivity index is 1.96. The third-order valence-corrected chi connectivity index (χ3v) is 6.26. The summed E-state index contributed by atoms with van der Waals surface area (Å²) in [5.41, 5.74) is 11.5. The van der Waals surface area contributed by atoms with Crippen LogP contribution >= 0.6 is 11.3 Å². The maximum absolute atomic E-state index is 13.0. The summed E-state index contributed by atoms with van der Waals surface area (Å²) in [4.78, 5) is 38.2. The van der Waals surface area contributed by atoms with Gasteiger partial charge in [-0.2, -0.15) is 0 Å². The number of hydrogen-bond acceptors (Lipinski definition) is 8. The highest BCUT2D eigenvalue weighted by Crippen LogP contribution is 2.47. The number of primary amides is 2. The highest BCUT2D eigenvalue weighted by Gasteiger charge is 2.28. The SMILES string of the molecule is COc1ccc(-c2cc(NC(N)=O)c(C(=O)OC3CCCN(C(N)=O)C3)s2)c(OC)c1OC. The van der Waals surface area contributed by atoms with Crippen molar-refractivity contribution in [2.75, 3.05) is 39.7 Å². The summed E-state index contributed by atoms with van der Waals surface area (Å²) in [5, 5.41) is 2.46. The lowest BCUT2D eigenvalue weighted by molar-refractivity contribution is 0.0134. The molecule has 0 spiro atoms. The molecule has 2 heterocycles. The van der Waals surface area contributed by atoms with Crippen LogP contribution in [0.3, 0.4) is 0 Å². The lowest BCUT2D eigenvalue weighted by Gasteiger charge is -2.31. The molecule has 1 aliphatic heterocycles. The second-order valence-corrected chi connectivity index (χ2v) is 8.23. The molecular formula is C21H26N4O7S. The molecule has 3 rings (SSSR count). The van der Waals surface area contributed by atoms with Gasteiger partial charge >= 0.3 is 18.0 Å². The number of anilines is 1. The monoisotopic (exact) mass is 478 g/mol. The number of hydrogen-bond donors (Lipinski definition) is 3. The molecule has 1 atom stereocenters. The zero-order chi connectivity index (χ0) is 24.1. The van der Waals surface area contributed by atoms with Gasteiger partial charge < -0.3 is 40.6 Å². The molecule has 33 heavy (non-hydrogen) atoms. The Labute approximate surface area is 194 Å². The molecule has 0 radical (unpaired) electrons. The van der Waals surface area contributed by atoms with Gasteiger partial charge in [0.05, 0.1) is 33.6 Å². The second kappa shape index (κ2) is 10.3. The predicted molar refractivity (Wildman–Crippen MR) is 122 cm³/mol. The molecule has 1 aromatic heterocycles. The van der Waals surface area contributed by atoms with Crippen LogP contribution in [0.1, 0.15) is 22.5 Å². The number of nitrogens with zero attached hydrogens (tertiary/aromatic N) is 1. The van der Waals surface area contributed by atoms with E-state index >= 15 is 0 Å². The van der Waals surface area contributed by atoms with Crippen molar-refractivity contribution in [3.8, 4) is 27.7 Å². The quantitative estimate of drug-likeness (QED) is 0.517. The molecule has 1 fully saturated rings. The standard InChI is InChI=1S/C21H26N4O7S/c1-29-14-7-6-12(16(30-2)17(14)31-3)15-9-13(24-20(22)27)18(33-15)19(26)32-11-5-4-8-25(10-11)21(23)28/h6-7,9,11H,4-5,8,10H2,1-3H3,(H2,23,28)(H3,22,24,27). The normalized spacial score (nSPS) is 15.5. The zero-order valence-corrected chi connectivity index (χ0v) is 19.3. The molecule has 4 amide bonds. The molecule has 0 saturated carbocycles. The molecule has 1 saturated heterocycles. The van der Waals surface area contributed by atoms with Crippen molar-refractivity contribution >= 4 is 35.1 Å². The minimum atomic E-state index is -0.828. The van der Waals surface area contributed by atoms with E-state index in [1.54, 1.807) is 18.2 Å². The van der Waals surface area contributed by atoms with Gasteiger partial charge in [-0.15, -0.1) is 11.3 Å². The summed E-state index contributed by atoms with van der Waals surface area (Å²) in [5.74, 6) is 0.605. The van der Waals surface area contributed by atoms with Crippen LogP contribution in [0.15, 0.2) is 18.2 Å². The van der Waals surface area contributed by atoms with Crippen LogP contribution < -0.4 is 31.0 Å². The van der Waals surface area contributed by atoms with Crippen molar-refractivity contribution < 1.29 is 33.3 Å². The fraction of sp³-hybridized carbons (Fsp3) is 0.381. The van der Waals surface area contributed by atoms with E-state index in [-0.39, 0.29) is 17.1 Å². The number of urea groups is 2. The van der Waals surface area contributed by atoms with Crippen LogP contribution in [0.25, 0.3) is 10.4 Å². The van der Waals surface area contributed by atoms with Crippen LogP contribution in [-0.2, 0) is 4.74 Å². The number of methoxy groups -OCH3 is 3. The van der Waals surface area contributed by atoms with E-state index in [4.69, 9.17) is 30.4 Å². The lowest BCUT2D eigenvalue weighted by atomic mass is 10.1. The van der Waals surface area contributed by atoms with Gasteiger partial charge in [0.25, 0.3) is 0 Å². The highest BCUT2D eigenvalue weighted by molar-refractivity contribution is 7.18. The summed E-state index contributed by atoms with van der Waals surface area (Å²) >= 11 is 1.09. The molecule has 12 heteroatoms. The summed E-state index contributed by atoms with van der Waals surface area (Å²) in [6.07, 6.45) is 0.739. The van der Waals surface area contributed by atoms with Gasteiger partial charge in [0.2, 0.25) is 5.75 Å². The Morgan fingerprint density at radius 2 is 1.82 bits per heavy atom. The Kier molecular flexibility index (Phi) is 7.48. The van der Waals surface area contributed by atoms with Crippen LogP contribution in [0.4, 0.5) is 15.3 Å². The van der Waals surface area contributed by atoms with Crippen molar-refractivity contribution in [1.82, 2.24) is 4.90 Å². The zero-order valence-electron chi connectivity index (χ0n) is 18.5. The number of benzene rings is 1. The first-order valence-corrected chi connectivity index (χ1v) is 10.9. The molecule has 1 aromatic carbocycles. The van der Waals surface area contributed by atoms with E-state index in [0.29, 0.717) is 47.1 Å². The Morgan fingerprint density at radius 3 is 2.42 bits per heavy atom. The van der Waals surface area contributed by atoms with E-state index in [0.717, 1.165) is 11.3 Å². The third kappa shape index (κ3) is 5.22. The van der Waals surface area contributed by atoms with E-state index in [1.807, 2.05) is 0 Å². The van der Waals surface area contributed by atoms with Gasteiger partial charge in [-0.05, 0) is 31.0 Å². The lowest BCUT2D eigenvalue weighted by Crippen LogP contribution is -2.46. The third-order valence-electron chi connectivity index (χ3n) is 5.11. The van der Waals surface area contributed by atoms with Crippen molar-refractivity contribution in [1.29, 1.82) is 0 Å². The second-order valence-electron chi connectivity index (χ2n) is 7.18. The smallest absolute Gasteiger partial charge is 0.350 e. The first kappa shape index (κ1) is 24.0. The summed E-state index contributed by atoms with van der Waals surface area (Å²) in [6, 6.07) is 3.67. The largest absolute Gasteiger partial charge is 0.493 e. The number of ether oxygens (including phenoxy) is 4. The Bertz CT molecular complexity index is 1060. The number of esters is 1. The number of nitrogens with one attached hydrogen (secondary N) is 1. The minimum absolute atomic E-state index is 0.150. The van der Waals surface area contributed by atoms with Crippen molar-refractivity contribution in [3.05, 3.63) is 23.1 Å². The maximum Gasteiger partial charge on any atom is 0.350 e. The minimum Gasteiger partial charge on any atom is -0.493 e. The van der Waals surface area contributed by atoms with Crippen LogP contribution in [0.2, 0.25) is 0 Å². The van der Waals surface area contributed by atoms with E-state index in [1.165, 1.54) is 26.2 Å². The van der Waals surface area contributed by atoms with Gasteiger partial charge in [-0.1, -0.05) is 0 Å². The molecule has 5 N–H and O–H groups in total. The first-order valence-electron chi connectivity index (χ1n) is 10.0. The van der Waals surface area contributed by atoms with Gasteiger partial charge in [0.1, 0.15) is 11.0 Å². The summed E-state index contributed by atoms with van der Waals surface area (Å²) in [7, 11) is 4.48. The van der Waals surface area contributed by atoms with Gasteiger partial charge in [0.15, 0.2) is 11.5 Å².